The summed E-state index contributed by atoms with van der Waals surface area (Å²) in [6, 6.07) is 10.00. The predicted molar refractivity (Wildman–Crippen MR) is 97.2 cm³/mol. The van der Waals surface area contributed by atoms with Crippen LogP contribution in [0.2, 0.25) is 10.0 Å². The van der Waals surface area contributed by atoms with E-state index < -0.39 is 5.91 Å². The van der Waals surface area contributed by atoms with Crippen LogP contribution in [0.5, 0.6) is 17.2 Å². The molecule has 2 aromatic carbocycles. The Morgan fingerprint density at radius 3 is 2.48 bits per heavy atom. The topological polar surface area (TPSA) is 69.2 Å². The Hall–Kier alpha value is -2.44. The molecule has 0 radical (unpaired) electrons. The largest absolute Gasteiger partial charge is 0.493 e. The van der Waals surface area contributed by atoms with Gasteiger partial charge in [0.2, 0.25) is 0 Å². The third-order valence-electron chi connectivity index (χ3n) is 3.06. The Morgan fingerprint density at radius 2 is 1.80 bits per heavy atom. The van der Waals surface area contributed by atoms with Gasteiger partial charge in [0.1, 0.15) is 5.75 Å². The van der Waals surface area contributed by atoms with Crippen LogP contribution in [-0.4, -0.2) is 32.9 Å². The van der Waals surface area contributed by atoms with E-state index in [-0.39, 0.29) is 6.61 Å². The Labute approximate surface area is 155 Å². The molecule has 6 nitrogen and oxygen atoms in total. The fraction of sp³-hybridized carbons (Fsp3) is 0.176. The van der Waals surface area contributed by atoms with Gasteiger partial charge in [-0.2, -0.15) is 5.10 Å². The summed E-state index contributed by atoms with van der Waals surface area (Å²) < 4.78 is 15.7. The van der Waals surface area contributed by atoms with Gasteiger partial charge in [0.15, 0.2) is 18.1 Å². The minimum Gasteiger partial charge on any atom is -0.493 e. The molecule has 0 saturated carbocycles. The van der Waals surface area contributed by atoms with Gasteiger partial charge in [0, 0.05) is 5.02 Å². The maximum atomic E-state index is 11.7. The van der Waals surface area contributed by atoms with Crippen LogP contribution in [0.15, 0.2) is 41.5 Å². The molecule has 0 atom stereocenters. The molecule has 0 aliphatic rings. The highest BCUT2D eigenvalue weighted by Gasteiger charge is 2.06. The lowest BCUT2D eigenvalue weighted by molar-refractivity contribution is -0.123. The van der Waals surface area contributed by atoms with Crippen LogP contribution < -0.4 is 19.6 Å². The number of benzene rings is 2. The van der Waals surface area contributed by atoms with Gasteiger partial charge < -0.3 is 14.2 Å². The van der Waals surface area contributed by atoms with Crippen LogP contribution in [0.25, 0.3) is 0 Å². The third kappa shape index (κ3) is 5.55. The lowest BCUT2D eigenvalue weighted by Gasteiger charge is -2.08. The van der Waals surface area contributed by atoms with E-state index >= 15 is 0 Å². The van der Waals surface area contributed by atoms with E-state index in [2.05, 4.69) is 10.5 Å². The molecule has 2 aromatic rings. The molecule has 25 heavy (non-hydrogen) atoms. The average Bonchev–Trinajstić information content (AvgIpc) is 2.60. The number of hydrazone groups is 1. The van der Waals surface area contributed by atoms with Crippen molar-refractivity contribution < 1.29 is 19.0 Å². The van der Waals surface area contributed by atoms with Gasteiger partial charge in [-0.3, -0.25) is 4.79 Å². The number of amides is 1. The zero-order valence-electron chi connectivity index (χ0n) is 13.6. The normalized spacial score (nSPS) is 10.6. The summed E-state index contributed by atoms with van der Waals surface area (Å²) in [5, 5.41) is 4.68. The fourth-order valence-electron chi connectivity index (χ4n) is 1.88. The molecular formula is C17H16Cl2N2O4. The van der Waals surface area contributed by atoms with Crippen molar-refractivity contribution in [2.45, 2.75) is 0 Å². The number of ether oxygens (including phenoxy) is 3. The van der Waals surface area contributed by atoms with Crippen LogP contribution in [0.3, 0.4) is 0 Å². The molecule has 0 spiro atoms. The van der Waals surface area contributed by atoms with E-state index in [0.29, 0.717) is 27.3 Å². The summed E-state index contributed by atoms with van der Waals surface area (Å²) in [5.41, 5.74) is 3.10. The second-order valence-corrected chi connectivity index (χ2v) is 5.61. The van der Waals surface area contributed by atoms with Gasteiger partial charge in [-0.15, -0.1) is 0 Å². The number of carbonyl (C=O) groups excluding carboxylic acids is 1. The van der Waals surface area contributed by atoms with Gasteiger partial charge in [-0.25, -0.2) is 5.43 Å². The number of nitrogens with one attached hydrogen (secondary N) is 1. The molecule has 132 valence electrons. The van der Waals surface area contributed by atoms with Crippen molar-refractivity contribution in [3.8, 4) is 17.2 Å². The molecule has 0 bridgehead atoms. The van der Waals surface area contributed by atoms with Crippen molar-refractivity contribution in [3.05, 3.63) is 52.0 Å². The SMILES string of the molecule is COc1ccc(/C=N\NC(=O)COc2ccc(Cl)cc2Cl)cc1OC. The summed E-state index contributed by atoms with van der Waals surface area (Å²) in [7, 11) is 3.10. The highest BCUT2D eigenvalue weighted by Crippen LogP contribution is 2.28. The van der Waals surface area contributed by atoms with E-state index in [1.54, 1.807) is 44.6 Å². The van der Waals surface area contributed by atoms with Crippen LogP contribution in [-0.2, 0) is 4.79 Å². The second kappa shape index (κ2) is 9.15. The Bertz CT molecular complexity index is 781. The van der Waals surface area contributed by atoms with E-state index in [1.165, 1.54) is 12.3 Å². The first-order valence-electron chi connectivity index (χ1n) is 7.15. The average molecular weight is 383 g/mol. The summed E-state index contributed by atoms with van der Waals surface area (Å²) in [5.74, 6) is 1.11. The first-order chi connectivity index (χ1) is 12.0. The van der Waals surface area contributed by atoms with Crippen molar-refractivity contribution in [2.24, 2.45) is 5.10 Å². The van der Waals surface area contributed by atoms with E-state index in [9.17, 15) is 4.79 Å². The number of methoxy groups -OCH3 is 2. The lowest BCUT2D eigenvalue weighted by atomic mass is 10.2. The van der Waals surface area contributed by atoms with E-state index in [1.807, 2.05) is 0 Å². The maximum Gasteiger partial charge on any atom is 0.277 e. The van der Waals surface area contributed by atoms with Crippen molar-refractivity contribution in [1.82, 2.24) is 5.43 Å². The summed E-state index contributed by atoms with van der Waals surface area (Å²) in [4.78, 5) is 11.7. The number of hydrogen-bond acceptors (Lipinski definition) is 5. The van der Waals surface area contributed by atoms with Crippen LogP contribution in [0.1, 0.15) is 5.56 Å². The van der Waals surface area contributed by atoms with Crippen LogP contribution >= 0.6 is 23.2 Å². The highest BCUT2D eigenvalue weighted by molar-refractivity contribution is 6.35. The highest BCUT2D eigenvalue weighted by atomic mass is 35.5. The van der Waals surface area contributed by atoms with Gasteiger partial charge >= 0.3 is 0 Å². The first-order valence-corrected chi connectivity index (χ1v) is 7.91. The second-order valence-electron chi connectivity index (χ2n) is 4.77. The number of rotatable bonds is 7. The number of halogens is 2. The minimum absolute atomic E-state index is 0.232. The predicted octanol–water partition coefficient (Wildman–Crippen LogP) is 3.54. The molecule has 0 aliphatic heterocycles. The fourth-order valence-corrected chi connectivity index (χ4v) is 2.34. The quantitative estimate of drug-likeness (QED) is 0.587. The molecule has 1 amide bonds. The van der Waals surface area contributed by atoms with E-state index in [0.717, 1.165) is 5.56 Å². The number of nitrogens with zero attached hydrogens (tertiary/aromatic N) is 1. The molecular weight excluding hydrogens is 367 g/mol. The monoisotopic (exact) mass is 382 g/mol. The Morgan fingerprint density at radius 1 is 1.08 bits per heavy atom. The third-order valence-corrected chi connectivity index (χ3v) is 3.59. The van der Waals surface area contributed by atoms with Gasteiger partial charge in [0.25, 0.3) is 5.91 Å². The van der Waals surface area contributed by atoms with Crippen molar-refractivity contribution in [3.63, 3.8) is 0 Å². The molecule has 2 rings (SSSR count). The summed E-state index contributed by atoms with van der Waals surface area (Å²) in [6.45, 7) is -0.232. The summed E-state index contributed by atoms with van der Waals surface area (Å²) >= 11 is 11.7. The number of hydrogen-bond donors (Lipinski definition) is 1. The van der Waals surface area contributed by atoms with Crippen LogP contribution in [0.4, 0.5) is 0 Å². The van der Waals surface area contributed by atoms with Gasteiger partial charge in [-0.1, -0.05) is 23.2 Å². The molecule has 0 fully saturated rings. The molecule has 0 aromatic heterocycles. The van der Waals surface area contributed by atoms with Gasteiger partial charge in [0.05, 0.1) is 25.5 Å². The maximum absolute atomic E-state index is 11.7. The van der Waals surface area contributed by atoms with Gasteiger partial charge in [-0.05, 0) is 42.0 Å². The number of carbonyl (C=O) groups is 1. The summed E-state index contributed by atoms with van der Waals surface area (Å²) in [6.07, 6.45) is 1.48. The van der Waals surface area contributed by atoms with Crippen molar-refractivity contribution >= 4 is 35.3 Å². The van der Waals surface area contributed by atoms with Crippen molar-refractivity contribution in [1.29, 1.82) is 0 Å². The molecule has 8 heteroatoms. The molecule has 0 aliphatic carbocycles. The van der Waals surface area contributed by atoms with E-state index in [4.69, 9.17) is 37.4 Å². The van der Waals surface area contributed by atoms with Crippen molar-refractivity contribution in [2.75, 3.05) is 20.8 Å². The Kier molecular flexibility index (Phi) is 6.91. The smallest absolute Gasteiger partial charge is 0.277 e. The lowest BCUT2D eigenvalue weighted by Crippen LogP contribution is -2.24. The zero-order valence-corrected chi connectivity index (χ0v) is 15.1. The van der Waals surface area contributed by atoms with Crippen LogP contribution in [0, 0.1) is 0 Å². The first kappa shape index (κ1) is 18.9. The molecule has 1 N–H and O–H groups in total. The minimum atomic E-state index is -0.428. The molecule has 0 unspecified atom stereocenters. The molecule has 0 saturated heterocycles. The molecule has 0 heterocycles. The standard InChI is InChI=1S/C17H16Cl2N2O4/c1-23-15-5-3-11(7-16(15)24-2)9-20-21-17(22)10-25-14-6-4-12(18)8-13(14)19/h3-9H,10H2,1-2H3,(H,21,22)/b20-9-. The zero-order chi connectivity index (χ0) is 18.2. The Balaban J connectivity index is 1.88.